The number of carbonyl (C=O) groups is 1. The number of amides is 1. The first-order valence-corrected chi connectivity index (χ1v) is 7.89. The number of hydrogen-bond donors (Lipinski definition) is 0. The summed E-state index contributed by atoms with van der Waals surface area (Å²) in [6, 6.07) is 17.2. The summed E-state index contributed by atoms with van der Waals surface area (Å²) in [6.45, 7) is 0. The summed E-state index contributed by atoms with van der Waals surface area (Å²) >= 11 is 0. The van der Waals surface area contributed by atoms with Crippen molar-refractivity contribution < 1.29 is 9.53 Å². The molecule has 0 unspecified atom stereocenters. The van der Waals surface area contributed by atoms with E-state index in [9.17, 15) is 4.79 Å². The van der Waals surface area contributed by atoms with Crippen molar-refractivity contribution in [3.63, 3.8) is 0 Å². The highest BCUT2D eigenvalue weighted by atomic mass is 16.5. The molecule has 0 radical (unpaired) electrons. The molecule has 0 fully saturated rings. The quantitative estimate of drug-likeness (QED) is 0.733. The highest BCUT2D eigenvalue weighted by molar-refractivity contribution is 6.05. The van der Waals surface area contributed by atoms with Gasteiger partial charge in [-0.05, 0) is 17.7 Å². The van der Waals surface area contributed by atoms with E-state index in [1.807, 2.05) is 54.6 Å². The molecule has 5 heteroatoms. The van der Waals surface area contributed by atoms with Crippen LogP contribution < -0.4 is 4.74 Å². The first-order valence-electron chi connectivity index (χ1n) is 7.89. The average molecular weight is 333 g/mol. The number of ether oxygens (including phenoxy) is 1. The molecule has 1 aromatic heterocycles. The minimum Gasteiger partial charge on any atom is -0.497 e. The lowest BCUT2D eigenvalue weighted by atomic mass is 9.96. The second kappa shape index (κ2) is 7.13. The first-order chi connectivity index (χ1) is 12.1. The molecule has 0 spiro atoms. The lowest BCUT2D eigenvalue weighted by molar-refractivity contribution is 0.0828. The summed E-state index contributed by atoms with van der Waals surface area (Å²) in [7, 11) is 5.07. The Labute approximate surface area is 146 Å². The molecule has 3 aromatic rings. The van der Waals surface area contributed by atoms with Gasteiger partial charge >= 0.3 is 0 Å². The van der Waals surface area contributed by atoms with Crippen LogP contribution in [0.5, 0.6) is 5.75 Å². The van der Waals surface area contributed by atoms with Gasteiger partial charge in [0.2, 0.25) is 0 Å². The fourth-order valence-electron chi connectivity index (χ4n) is 2.64. The Bertz CT molecular complexity index is 892. The van der Waals surface area contributed by atoms with Crippen molar-refractivity contribution in [2.75, 3.05) is 21.2 Å². The lowest BCUT2D eigenvalue weighted by Gasteiger charge is -2.17. The number of rotatable bonds is 4. The molecular formula is C20H19N3O2. The Morgan fingerprint density at radius 3 is 2.40 bits per heavy atom. The Balaban J connectivity index is 2.26. The summed E-state index contributed by atoms with van der Waals surface area (Å²) in [6.07, 6.45) is 1.63. The standard InChI is InChI=1S/C20H19N3O2/c1-23(2)20(24)18-17(14-8-5-4-6-9-14)13-21-22-19(18)15-10-7-11-16(12-15)25-3/h4-13H,1-3H3. The number of benzene rings is 2. The number of carbonyl (C=O) groups excluding carboxylic acids is 1. The summed E-state index contributed by atoms with van der Waals surface area (Å²) in [5.41, 5.74) is 3.53. The predicted molar refractivity (Wildman–Crippen MR) is 97.5 cm³/mol. The molecule has 25 heavy (non-hydrogen) atoms. The van der Waals surface area contributed by atoms with Crippen molar-refractivity contribution in [3.05, 3.63) is 66.4 Å². The second-order valence-electron chi connectivity index (χ2n) is 5.78. The van der Waals surface area contributed by atoms with Gasteiger partial charge in [-0.1, -0.05) is 42.5 Å². The minimum absolute atomic E-state index is 0.119. The van der Waals surface area contributed by atoms with Crippen LogP contribution in [0.4, 0.5) is 0 Å². The SMILES string of the molecule is COc1cccc(-c2nncc(-c3ccccc3)c2C(=O)N(C)C)c1. The van der Waals surface area contributed by atoms with E-state index in [-0.39, 0.29) is 5.91 Å². The van der Waals surface area contributed by atoms with Crippen molar-refractivity contribution in [1.29, 1.82) is 0 Å². The molecular weight excluding hydrogens is 314 g/mol. The van der Waals surface area contributed by atoms with E-state index in [1.54, 1.807) is 32.3 Å². The molecule has 0 aliphatic heterocycles. The molecule has 0 saturated heterocycles. The van der Waals surface area contributed by atoms with Gasteiger partial charge in [-0.3, -0.25) is 4.79 Å². The van der Waals surface area contributed by atoms with E-state index < -0.39 is 0 Å². The van der Waals surface area contributed by atoms with E-state index in [1.165, 1.54) is 0 Å². The Morgan fingerprint density at radius 1 is 1.00 bits per heavy atom. The van der Waals surface area contributed by atoms with E-state index in [0.717, 1.165) is 16.7 Å². The van der Waals surface area contributed by atoms with Crippen molar-refractivity contribution in [2.24, 2.45) is 0 Å². The fourth-order valence-corrected chi connectivity index (χ4v) is 2.64. The summed E-state index contributed by atoms with van der Waals surface area (Å²) in [5, 5.41) is 8.39. The monoisotopic (exact) mass is 333 g/mol. The maximum Gasteiger partial charge on any atom is 0.256 e. The zero-order valence-corrected chi connectivity index (χ0v) is 14.4. The van der Waals surface area contributed by atoms with Gasteiger partial charge in [-0.15, -0.1) is 5.10 Å². The van der Waals surface area contributed by atoms with Crippen molar-refractivity contribution >= 4 is 5.91 Å². The fraction of sp³-hybridized carbons (Fsp3) is 0.150. The van der Waals surface area contributed by atoms with Crippen LogP contribution in [-0.4, -0.2) is 42.2 Å². The molecule has 0 aliphatic rings. The molecule has 0 N–H and O–H groups in total. The van der Waals surface area contributed by atoms with Crippen molar-refractivity contribution in [2.45, 2.75) is 0 Å². The maximum absolute atomic E-state index is 12.9. The largest absolute Gasteiger partial charge is 0.497 e. The molecule has 0 atom stereocenters. The van der Waals surface area contributed by atoms with Crippen LogP contribution in [0.1, 0.15) is 10.4 Å². The number of nitrogens with zero attached hydrogens (tertiary/aromatic N) is 3. The molecule has 126 valence electrons. The minimum atomic E-state index is -0.119. The van der Waals surface area contributed by atoms with Crippen LogP contribution in [-0.2, 0) is 0 Å². The number of hydrogen-bond acceptors (Lipinski definition) is 4. The van der Waals surface area contributed by atoms with Gasteiger partial charge in [0.15, 0.2) is 0 Å². The molecule has 0 bridgehead atoms. The summed E-state index contributed by atoms with van der Waals surface area (Å²) in [5.74, 6) is 0.583. The highest BCUT2D eigenvalue weighted by Gasteiger charge is 2.22. The van der Waals surface area contributed by atoms with E-state index in [2.05, 4.69) is 10.2 Å². The van der Waals surface area contributed by atoms with Crippen molar-refractivity contribution in [1.82, 2.24) is 15.1 Å². The van der Waals surface area contributed by atoms with Gasteiger partial charge in [-0.25, -0.2) is 0 Å². The Kier molecular flexibility index (Phi) is 4.75. The van der Waals surface area contributed by atoms with Gasteiger partial charge in [0.25, 0.3) is 5.91 Å². The van der Waals surface area contributed by atoms with Gasteiger partial charge in [0, 0.05) is 25.2 Å². The molecule has 2 aromatic carbocycles. The zero-order valence-electron chi connectivity index (χ0n) is 14.4. The second-order valence-corrected chi connectivity index (χ2v) is 5.78. The van der Waals surface area contributed by atoms with Crippen LogP contribution in [0.15, 0.2) is 60.8 Å². The third-order valence-corrected chi connectivity index (χ3v) is 3.90. The Hall–Kier alpha value is -3.21. The normalized spacial score (nSPS) is 10.4. The smallest absolute Gasteiger partial charge is 0.256 e. The third-order valence-electron chi connectivity index (χ3n) is 3.90. The van der Waals surface area contributed by atoms with E-state index >= 15 is 0 Å². The summed E-state index contributed by atoms with van der Waals surface area (Å²) < 4.78 is 5.30. The zero-order chi connectivity index (χ0) is 17.8. The Morgan fingerprint density at radius 2 is 1.72 bits per heavy atom. The first kappa shape index (κ1) is 16.6. The number of aromatic nitrogens is 2. The third kappa shape index (κ3) is 3.35. The average Bonchev–Trinajstić information content (AvgIpc) is 2.67. The van der Waals surface area contributed by atoms with Crippen molar-refractivity contribution in [3.8, 4) is 28.1 Å². The van der Waals surface area contributed by atoms with Crippen LogP contribution in [0.2, 0.25) is 0 Å². The lowest BCUT2D eigenvalue weighted by Crippen LogP contribution is -2.24. The van der Waals surface area contributed by atoms with Gasteiger partial charge < -0.3 is 9.64 Å². The molecule has 1 amide bonds. The number of methoxy groups -OCH3 is 1. The van der Waals surface area contributed by atoms with E-state index in [4.69, 9.17) is 4.74 Å². The van der Waals surface area contributed by atoms with Gasteiger partial charge in [-0.2, -0.15) is 5.10 Å². The molecule has 0 aliphatic carbocycles. The maximum atomic E-state index is 12.9. The van der Waals surface area contributed by atoms with Crippen LogP contribution in [0.25, 0.3) is 22.4 Å². The van der Waals surface area contributed by atoms with Crippen LogP contribution >= 0.6 is 0 Å². The van der Waals surface area contributed by atoms with Crippen LogP contribution in [0, 0.1) is 0 Å². The highest BCUT2D eigenvalue weighted by Crippen LogP contribution is 2.32. The molecule has 3 rings (SSSR count). The topological polar surface area (TPSA) is 55.3 Å². The van der Waals surface area contributed by atoms with Gasteiger partial charge in [0.05, 0.1) is 18.9 Å². The molecule has 1 heterocycles. The molecule has 0 saturated carbocycles. The summed E-state index contributed by atoms with van der Waals surface area (Å²) in [4.78, 5) is 14.5. The van der Waals surface area contributed by atoms with Crippen LogP contribution in [0.3, 0.4) is 0 Å². The van der Waals surface area contributed by atoms with E-state index in [0.29, 0.717) is 17.0 Å². The molecule has 5 nitrogen and oxygen atoms in total. The van der Waals surface area contributed by atoms with Gasteiger partial charge in [0.1, 0.15) is 11.4 Å². The predicted octanol–water partition coefficient (Wildman–Crippen LogP) is 3.52.